The fourth-order valence-corrected chi connectivity index (χ4v) is 5.11. The van der Waals surface area contributed by atoms with Crippen molar-refractivity contribution in [2.75, 3.05) is 19.6 Å². The topological polar surface area (TPSA) is 52.7 Å². The predicted molar refractivity (Wildman–Crippen MR) is 83.3 cm³/mol. The number of hydrogen-bond acceptors (Lipinski definition) is 2. The molecule has 0 spiro atoms. The maximum Gasteiger partial charge on any atom is 0.317 e. The first-order valence-electron chi connectivity index (χ1n) is 9.05. The molecule has 4 rings (SSSR count). The Hall–Kier alpha value is -1.26. The van der Waals surface area contributed by atoms with Crippen LogP contribution in [0.5, 0.6) is 0 Å². The molecule has 5 heteroatoms. The van der Waals surface area contributed by atoms with E-state index in [1.54, 1.807) is 0 Å². The van der Waals surface area contributed by atoms with E-state index in [1.165, 1.54) is 19.3 Å². The lowest BCUT2D eigenvalue weighted by atomic mass is 9.76. The Morgan fingerprint density at radius 3 is 2.68 bits per heavy atom. The molecule has 3 amide bonds. The van der Waals surface area contributed by atoms with Crippen LogP contribution in [0.1, 0.15) is 51.4 Å². The van der Waals surface area contributed by atoms with Crippen LogP contribution in [-0.2, 0) is 4.79 Å². The summed E-state index contributed by atoms with van der Waals surface area (Å²) >= 11 is 0. The van der Waals surface area contributed by atoms with Gasteiger partial charge in [0.2, 0.25) is 5.91 Å². The van der Waals surface area contributed by atoms with E-state index in [4.69, 9.17) is 0 Å². The summed E-state index contributed by atoms with van der Waals surface area (Å²) in [6.45, 7) is 2.53. The molecule has 4 fully saturated rings. The molecule has 4 aliphatic rings. The minimum atomic E-state index is 0.136. The number of nitrogens with one attached hydrogen (secondary N) is 1. The van der Waals surface area contributed by atoms with E-state index in [9.17, 15) is 9.59 Å². The van der Waals surface area contributed by atoms with Crippen molar-refractivity contribution in [3.63, 3.8) is 0 Å². The van der Waals surface area contributed by atoms with E-state index >= 15 is 0 Å². The number of rotatable bonds is 1. The zero-order chi connectivity index (χ0) is 15.1. The van der Waals surface area contributed by atoms with E-state index in [0.29, 0.717) is 29.8 Å². The number of hydrogen-bond donors (Lipinski definition) is 1. The maximum atomic E-state index is 12.5. The van der Waals surface area contributed by atoms with Gasteiger partial charge in [-0.3, -0.25) is 4.79 Å². The zero-order valence-corrected chi connectivity index (χ0v) is 13.3. The fraction of sp³-hybridized carbons (Fsp3) is 0.882. The van der Waals surface area contributed by atoms with Gasteiger partial charge in [-0.25, -0.2) is 4.79 Å². The van der Waals surface area contributed by atoms with E-state index < -0.39 is 0 Å². The van der Waals surface area contributed by atoms with Gasteiger partial charge >= 0.3 is 6.03 Å². The maximum absolute atomic E-state index is 12.5. The molecule has 1 saturated carbocycles. The first kappa shape index (κ1) is 14.3. The van der Waals surface area contributed by atoms with Gasteiger partial charge in [0.1, 0.15) is 0 Å². The molecule has 2 unspecified atom stereocenters. The summed E-state index contributed by atoms with van der Waals surface area (Å²) in [7, 11) is 0. The highest BCUT2D eigenvalue weighted by atomic mass is 16.2. The number of fused-ring (bicyclic) bond motifs is 4. The summed E-state index contributed by atoms with van der Waals surface area (Å²) in [5, 5.41) is 3.23. The van der Waals surface area contributed by atoms with E-state index in [2.05, 4.69) is 10.2 Å². The fourth-order valence-electron chi connectivity index (χ4n) is 5.11. The average molecular weight is 305 g/mol. The monoisotopic (exact) mass is 305 g/mol. The smallest absolute Gasteiger partial charge is 0.317 e. The molecule has 3 heterocycles. The normalized spacial score (nSPS) is 35.5. The van der Waals surface area contributed by atoms with Crippen LogP contribution in [0.25, 0.3) is 0 Å². The lowest BCUT2D eigenvalue weighted by Crippen LogP contribution is -2.62. The second-order valence-electron chi connectivity index (χ2n) is 7.70. The van der Waals surface area contributed by atoms with Crippen LogP contribution >= 0.6 is 0 Å². The molecule has 22 heavy (non-hydrogen) atoms. The molecule has 3 atom stereocenters. The zero-order valence-electron chi connectivity index (χ0n) is 13.3. The van der Waals surface area contributed by atoms with Gasteiger partial charge in [0.25, 0.3) is 0 Å². The van der Waals surface area contributed by atoms with Crippen LogP contribution in [-0.4, -0.2) is 53.5 Å². The van der Waals surface area contributed by atoms with Gasteiger partial charge in [-0.05, 0) is 43.9 Å². The molecular weight excluding hydrogens is 278 g/mol. The van der Waals surface area contributed by atoms with Crippen molar-refractivity contribution in [3.8, 4) is 0 Å². The average Bonchev–Trinajstić information content (AvgIpc) is 3.01. The number of urea groups is 1. The van der Waals surface area contributed by atoms with Gasteiger partial charge in [0, 0.05) is 38.1 Å². The molecule has 2 bridgehead atoms. The van der Waals surface area contributed by atoms with Gasteiger partial charge in [-0.15, -0.1) is 0 Å². The molecule has 0 aromatic carbocycles. The lowest BCUT2D eigenvalue weighted by molar-refractivity contribution is -0.144. The highest BCUT2D eigenvalue weighted by Crippen LogP contribution is 2.37. The molecule has 3 aliphatic heterocycles. The summed E-state index contributed by atoms with van der Waals surface area (Å²) in [5.74, 6) is 1.31. The van der Waals surface area contributed by atoms with Crippen LogP contribution in [0.15, 0.2) is 0 Å². The molecule has 0 aromatic heterocycles. The number of amides is 3. The Kier molecular flexibility index (Phi) is 3.74. The number of carbonyl (C=O) groups is 2. The van der Waals surface area contributed by atoms with Crippen LogP contribution in [0.2, 0.25) is 0 Å². The van der Waals surface area contributed by atoms with Gasteiger partial charge in [0.05, 0.1) is 0 Å². The van der Waals surface area contributed by atoms with E-state index in [-0.39, 0.29) is 6.03 Å². The van der Waals surface area contributed by atoms with Crippen LogP contribution in [0.3, 0.4) is 0 Å². The van der Waals surface area contributed by atoms with Crippen molar-refractivity contribution in [1.29, 1.82) is 0 Å². The summed E-state index contributed by atoms with van der Waals surface area (Å²) in [4.78, 5) is 28.9. The van der Waals surface area contributed by atoms with Crippen LogP contribution in [0, 0.1) is 11.8 Å². The Balaban J connectivity index is 1.41. The number of nitrogens with zero attached hydrogens (tertiary/aromatic N) is 2. The number of piperidine rings is 3. The minimum Gasteiger partial charge on any atom is -0.339 e. The van der Waals surface area contributed by atoms with Crippen molar-refractivity contribution in [2.24, 2.45) is 11.8 Å². The quantitative estimate of drug-likeness (QED) is 0.805. The van der Waals surface area contributed by atoms with Gasteiger partial charge in [-0.1, -0.05) is 12.8 Å². The Bertz CT molecular complexity index is 461. The van der Waals surface area contributed by atoms with Gasteiger partial charge in [-0.2, -0.15) is 0 Å². The highest BCUT2D eigenvalue weighted by Gasteiger charge is 2.44. The molecule has 5 nitrogen and oxygen atoms in total. The Labute approximate surface area is 132 Å². The third kappa shape index (κ3) is 2.59. The first-order chi connectivity index (χ1) is 10.7. The van der Waals surface area contributed by atoms with Gasteiger partial charge < -0.3 is 15.1 Å². The van der Waals surface area contributed by atoms with Crippen LogP contribution in [0.4, 0.5) is 4.79 Å². The summed E-state index contributed by atoms with van der Waals surface area (Å²) in [5.41, 5.74) is 0. The molecule has 122 valence electrons. The van der Waals surface area contributed by atoms with E-state index in [1.807, 2.05) is 4.90 Å². The van der Waals surface area contributed by atoms with Crippen molar-refractivity contribution >= 4 is 11.9 Å². The molecule has 1 N–H and O–H groups in total. The number of likely N-dealkylation sites (tertiary alicyclic amines) is 1. The Morgan fingerprint density at radius 1 is 1.05 bits per heavy atom. The second kappa shape index (κ2) is 5.74. The second-order valence-corrected chi connectivity index (χ2v) is 7.70. The summed E-state index contributed by atoms with van der Waals surface area (Å²) < 4.78 is 0. The third-order valence-electron chi connectivity index (χ3n) is 6.15. The van der Waals surface area contributed by atoms with Crippen LogP contribution < -0.4 is 5.32 Å². The predicted octanol–water partition coefficient (Wildman–Crippen LogP) is 1.97. The highest BCUT2D eigenvalue weighted by molar-refractivity contribution is 5.78. The summed E-state index contributed by atoms with van der Waals surface area (Å²) in [6, 6.07) is 0.916. The number of carbonyl (C=O) groups excluding carboxylic acids is 2. The SMILES string of the molecule is O=C(NC1CCCC1)N1CC2CC(C1)[C@H]1CCCC(=O)N1C2. The standard InChI is InChI=1S/C17H27N3O2/c21-16-7-3-6-15-13-8-12(10-20(15)16)9-19(11-13)17(22)18-14-4-1-2-5-14/h12-15H,1-11H2,(H,18,22)/t12?,13?,15-/m1/s1. The first-order valence-corrected chi connectivity index (χ1v) is 9.05. The van der Waals surface area contributed by atoms with Crippen molar-refractivity contribution < 1.29 is 9.59 Å². The Morgan fingerprint density at radius 2 is 1.86 bits per heavy atom. The lowest BCUT2D eigenvalue weighted by Gasteiger charge is -2.52. The third-order valence-corrected chi connectivity index (χ3v) is 6.15. The molecule has 3 saturated heterocycles. The molecule has 0 radical (unpaired) electrons. The molecule has 0 aromatic rings. The minimum absolute atomic E-state index is 0.136. The molecular formula is C17H27N3O2. The largest absolute Gasteiger partial charge is 0.339 e. The summed E-state index contributed by atoms with van der Waals surface area (Å²) in [6.07, 6.45) is 8.83. The van der Waals surface area contributed by atoms with Crippen molar-refractivity contribution in [1.82, 2.24) is 15.1 Å². The van der Waals surface area contributed by atoms with Gasteiger partial charge in [0.15, 0.2) is 0 Å². The van der Waals surface area contributed by atoms with Crippen molar-refractivity contribution in [2.45, 2.75) is 63.5 Å². The molecule has 1 aliphatic carbocycles. The van der Waals surface area contributed by atoms with Crippen molar-refractivity contribution in [3.05, 3.63) is 0 Å². The van der Waals surface area contributed by atoms with E-state index in [0.717, 1.165) is 51.7 Å².